The molecule has 1 aliphatic heterocycles. The van der Waals surface area contributed by atoms with E-state index in [1.165, 1.54) is 22.5 Å². The third-order valence-corrected chi connectivity index (χ3v) is 8.97. The van der Waals surface area contributed by atoms with Gasteiger partial charge >= 0.3 is 0 Å². The quantitative estimate of drug-likeness (QED) is 0.287. The largest absolute Gasteiger partial charge is 0.398 e. The molecule has 0 spiro atoms. The van der Waals surface area contributed by atoms with Gasteiger partial charge in [0.05, 0.1) is 10.6 Å². The topological polar surface area (TPSA) is 101 Å². The Morgan fingerprint density at radius 2 is 1.74 bits per heavy atom. The lowest BCUT2D eigenvalue weighted by atomic mass is 9.90. The standard InChI is InChI=1S/C29H29F2N5O2S/c1-19-2-3-22(17-26(19)31)28-10-13-33-29(35-28)34-24-6-8-25(9-7-24)39(37,38)36-14-11-20(12-15-36)16-21-4-5-23(30)18-27(21)32/h2-10,13,17-18,20H,11-12,14-16,32H2,1H3,(H,33,34,35). The van der Waals surface area contributed by atoms with Gasteiger partial charge < -0.3 is 11.1 Å². The van der Waals surface area contributed by atoms with Crippen LogP contribution in [-0.2, 0) is 16.4 Å². The number of rotatable bonds is 7. The molecule has 0 saturated carbocycles. The summed E-state index contributed by atoms with van der Waals surface area (Å²) in [7, 11) is -3.65. The van der Waals surface area contributed by atoms with Crippen molar-refractivity contribution in [1.82, 2.24) is 14.3 Å². The Morgan fingerprint density at radius 3 is 2.44 bits per heavy atom. The van der Waals surface area contributed by atoms with Gasteiger partial charge in [0.15, 0.2) is 0 Å². The van der Waals surface area contributed by atoms with E-state index in [9.17, 15) is 17.2 Å². The molecule has 202 valence electrons. The van der Waals surface area contributed by atoms with Gasteiger partial charge in [-0.2, -0.15) is 4.31 Å². The van der Waals surface area contributed by atoms with E-state index < -0.39 is 10.0 Å². The molecule has 0 radical (unpaired) electrons. The van der Waals surface area contributed by atoms with Crippen LogP contribution < -0.4 is 11.1 Å². The zero-order valence-electron chi connectivity index (χ0n) is 21.4. The molecule has 0 unspecified atom stereocenters. The van der Waals surface area contributed by atoms with Gasteiger partial charge in [-0.05, 0) is 91.8 Å². The third-order valence-electron chi connectivity index (χ3n) is 7.06. The van der Waals surface area contributed by atoms with E-state index in [4.69, 9.17) is 5.73 Å². The predicted molar refractivity (Wildman–Crippen MR) is 148 cm³/mol. The highest BCUT2D eigenvalue weighted by Crippen LogP contribution is 2.29. The summed E-state index contributed by atoms with van der Waals surface area (Å²) in [5.41, 5.74) is 9.64. The highest BCUT2D eigenvalue weighted by Gasteiger charge is 2.29. The van der Waals surface area contributed by atoms with E-state index in [-0.39, 0.29) is 22.4 Å². The molecule has 1 saturated heterocycles. The van der Waals surface area contributed by atoms with Crippen LogP contribution in [-0.4, -0.2) is 35.8 Å². The summed E-state index contributed by atoms with van der Waals surface area (Å²) in [4.78, 5) is 8.89. The molecule has 1 fully saturated rings. The molecule has 39 heavy (non-hydrogen) atoms. The highest BCUT2D eigenvalue weighted by molar-refractivity contribution is 7.89. The Hall–Kier alpha value is -3.89. The Balaban J connectivity index is 1.22. The van der Waals surface area contributed by atoms with Gasteiger partial charge in [-0.15, -0.1) is 0 Å². The maximum Gasteiger partial charge on any atom is 0.243 e. The Labute approximate surface area is 226 Å². The summed E-state index contributed by atoms with van der Waals surface area (Å²) in [6, 6.07) is 17.5. The van der Waals surface area contributed by atoms with Crippen LogP contribution in [0.2, 0.25) is 0 Å². The molecule has 3 N–H and O–H groups in total. The number of aromatic nitrogens is 2. The first-order valence-electron chi connectivity index (χ1n) is 12.7. The lowest BCUT2D eigenvalue weighted by Crippen LogP contribution is -2.38. The van der Waals surface area contributed by atoms with Crippen molar-refractivity contribution in [2.75, 3.05) is 24.1 Å². The number of nitrogens with one attached hydrogen (secondary N) is 1. The molecule has 7 nitrogen and oxygen atoms in total. The number of piperidine rings is 1. The van der Waals surface area contributed by atoms with Crippen molar-refractivity contribution in [3.8, 4) is 11.3 Å². The van der Waals surface area contributed by atoms with Gasteiger partial charge in [0.2, 0.25) is 16.0 Å². The van der Waals surface area contributed by atoms with Crippen LogP contribution in [0.15, 0.2) is 77.8 Å². The molecule has 1 aromatic heterocycles. The van der Waals surface area contributed by atoms with Crippen molar-refractivity contribution in [1.29, 1.82) is 0 Å². The highest BCUT2D eigenvalue weighted by atomic mass is 32.2. The van der Waals surface area contributed by atoms with Gasteiger partial charge in [-0.3, -0.25) is 0 Å². The van der Waals surface area contributed by atoms with Crippen LogP contribution in [0, 0.1) is 24.5 Å². The molecular weight excluding hydrogens is 520 g/mol. The monoisotopic (exact) mass is 549 g/mol. The van der Waals surface area contributed by atoms with Gasteiger partial charge in [0.25, 0.3) is 0 Å². The maximum absolute atomic E-state index is 14.0. The van der Waals surface area contributed by atoms with Crippen LogP contribution in [0.5, 0.6) is 0 Å². The second-order valence-electron chi connectivity index (χ2n) is 9.77. The fraction of sp³-hybridized carbons (Fsp3) is 0.241. The molecule has 10 heteroatoms. The normalized spacial score (nSPS) is 14.8. The number of aryl methyl sites for hydroxylation is 1. The number of anilines is 3. The summed E-state index contributed by atoms with van der Waals surface area (Å²) in [6.45, 7) is 2.52. The van der Waals surface area contributed by atoms with Crippen molar-refractivity contribution in [3.05, 3.63) is 95.7 Å². The molecule has 5 rings (SSSR count). The van der Waals surface area contributed by atoms with Crippen molar-refractivity contribution >= 4 is 27.3 Å². The van der Waals surface area contributed by atoms with Crippen LogP contribution in [0.1, 0.15) is 24.0 Å². The average Bonchev–Trinajstić information content (AvgIpc) is 2.92. The number of sulfonamides is 1. The van der Waals surface area contributed by atoms with Crippen LogP contribution in [0.4, 0.5) is 26.1 Å². The van der Waals surface area contributed by atoms with Gasteiger partial charge in [-0.25, -0.2) is 27.2 Å². The zero-order chi connectivity index (χ0) is 27.6. The van der Waals surface area contributed by atoms with Crippen molar-refractivity contribution < 1.29 is 17.2 Å². The smallest absolute Gasteiger partial charge is 0.243 e. The van der Waals surface area contributed by atoms with E-state index in [0.717, 1.165) is 5.56 Å². The zero-order valence-corrected chi connectivity index (χ0v) is 22.3. The minimum atomic E-state index is -3.65. The molecule has 0 bridgehead atoms. The first-order valence-corrected chi connectivity index (χ1v) is 14.1. The fourth-order valence-electron chi connectivity index (χ4n) is 4.74. The van der Waals surface area contributed by atoms with E-state index in [1.807, 2.05) is 0 Å². The second kappa shape index (κ2) is 11.1. The Kier molecular flexibility index (Phi) is 7.58. The maximum atomic E-state index is 14.0. The van der Waals surface area contributed by atoms with Crippen LogP contribution in [0.25, 0.3) is 11.3 Å². The molecular formula is C29H29F2N5O2S. The van der Waals surface area contributed by atoms with Gasteiger partial charge in [0.1, 0.15) is 11.6 Å². The first-order chi connectivity index (χ1) is 18.7. The first kappa shape index (κ1) is 26.7. The lowest BCUT2D eigenvalue weighted by Gasteiger charge is -2.31. The van der Waals surface area contributed by atoms with Crippen molar-refractivity contribution in [3.63, 3.8) is 0 Å². The minimum Gasteiger partial charge on any atom is -0.398 e. The minimum absolute atomic E-state index is 0.207. The van der Waals surface area contributed by atoms with Gasteiger partial charge in [0, 0.05) is 36.2 Å². The number of hydrogen-bond donors (Lipinski definition) is 2. The number of nitrogens with two attached hydrogens (primary N) is 1. The van der Waals surface area contributed by atoms with E-state index in [2.05, 4.69) is 15.3 Å². The van der Waals surface area contributed by atoms with E-state index in [0.29, 0.717) is 66.5 Å². The van der Waals surface area contributed by atoms with Crippen LogP contribution >= 0.6 is 0 Å². The number of benzene rings is 3. The summed E-state index contributed by atoms with van der Waals surface area (Å²) in [5.74, 6) is -0.0755. The molecule has 0 atom stereocenters. The molecule has 1 aliphatic rings. The number of halogens is 2. The van der Waals surface area contributed by atoms with E-state index in [1.54, 1.807) is 61.7 Å². The fourth-order valence-corrected chi connectivity index (χ4v) is 6.21. The summed E-state index contributed by atoms with van der Waals surface area (Å²) in [6.07, 6.45) is 3.68. The molecule has 3 aromatic carbocycles. The van der Waals surface area contributed by atoms with Crippen molar-refractivity contribution in [2.24, 2.45) is 5.92 Å². The van der Waals surface area contributed by atoms with E-state index >= 15 is 0 Å². The average molecular weight is 550 g/mol. The third kappa shape index (κ3) is 6.07. The van der Waals surface area contributed by atoms with Crippen molar-refractivity contribution in [2.45, 2.75) is 31.1 Å². The van der Waals surface area contributed by atoms with Gasteiger partial charge in [-0.1, -0.05) is 18.2 Å². The van der Waals surface area contributed by atoms with Crippen LogP contribution in [0.3, 0.4) is 0 Å². The molecule has 2 heterocycles. The number of nitrogen functional groups attached to an aromatic ring is 1. The SMILES string of the molecule is Cc1ccc(-c2ccnc(Nc3ccc(S(=O)(=O)N4CCC(Cc5ccc(F)cc5N)CC4)cc3)n2)cc1F. The lowest BCUT2D eigenvalue weighted by molar-refractivity contribution is 0.273. The molecule has 4 aromatic rings. The molecule has 0 amide bonds. The summed E-state index contributed by atoms with van der Waals surface area (Å²) >= 11 is 0. The predicted octanol–water partition coefficient (Wildman–Crippen LogP) is 5.70. The summed E-state index contributed by atoms with van der Waals surface area (Å²) in [5, 5.41) is 3.08. The Bertz CT molecular complexity index is 1590. The Morgan fingerprint density at radius 1 is 1.00 bits per heavy atom. The number of hydrogen-bond acceptors (Lipinski definition) is 6. The second-order valence-corrected chi connectivity index (χ2v) is 11.7. The number of nitrogens with zero attached hydrogens (tertiary/aromatic N) is 3. The summed E-state index contributed by atoms with van der Waals surface area (Å²) < 4.78 is 55.3. The molecule has 0 aliphatic carbocycles.